The second-order valence-corrected chi connectivity index (χ2v) is 9.39. The van der Waals surface area contributed by atoms with E-state index in [-0.39, 0.29) is 11.0 Å². The topological polar surface area (TPSA) is 59.6 Å². The molecule has 1 amide bonds. The molecule has 35 heavy (non-hydrogen) atoms. The summed E-state index contributed by atoms with van der Waals surface area (Å²) in [6.07, 6.45) is 5.42. The van der Waals surface area contributed by atoms with Crippen molar-refractivity contribution in [1.82, 2.24) is 5.32 Å². The van der Waals surface area contributed by atoms with Gasteiger partial charge in [-0.05, 0) is 66.7 Å². The Morgan fingerprint density at radius 3 is 2.43 bits per heavy atom. The molecule has 3 rings (SSSR count). The van der Waals surface area contributed by atoms with Gasteiger partial charge in [-0.1, -0.05) is 72.4 Å². The number of hydrogen-bond acceptors (Lipinski definition) is 4. The molecule has 5 nitrogen and oxygen atoms in total. The van der Waals surface area contributed by atoms with Crippen molar-refractivity contribution in [1.29, 1.82) is 0 Å². The number of benzene rings is 3. The van der Waals surface area contributed by atoms with Gasteiger partial charge in [0.05, 0.1) is 18.8 Å². The van der Waals surface area contributed by atoms with E-state index in [0.29, 0.717) is 24.5 Å². The van der Waals surface area contributed by atoms with Crippen molar-refractivity contribution < 1.29 is 14.3 Å². The Hall–Kier alpha value is -2.90. The molecular formula is C28H31BrN2O3S. The molecule has 0 fully saturated rings. The summed E-state index contributed by atoms with van der Waals surface area (Å²) in [5.74, 6) is 0.976. The van der Waals surface area contributed by atoms with E-state index in [4.69, 9.17) is 21.7 Å². The Bertz CT molecular complexity index is 1090. The van der Waals surface area contributed by atoms with E-state index in [0.717, 1.165) is 28.8 Å². The molecule has 0 radical (unpaired) electrons. The van der Waals surface area contributed by atoms with Crippen LogP contribution in [0, 0.1) is 0 Å². The molecule has 3 aromatic carbocycles. The molecule has 7 heteroatoms. The van der Waals surface area contributed by atoms with Gasteiger partial charge in [0.1, 0.15) is 11.5 Å². The predicted octanol–water partition coefficient (Wildman–Crippen LogP) is 7.16. The Kier molecular flexibility index (Phi) is 11.1. The highest BCUT2D eigenvalue weighted by Crippen LogP contribution is 2.24. The number of unbranched alkanes of at least 4 members (excludes halogenated alkanes) is 3. The molecule has 0 spiro atoms. The first kappa shape index (κ1) is 26.7. The number of thiocarbonyl (C=S) groups is 1. The minimum absolute atomic E-state index is 0.207. The summed E-state index contributed by atoms with van der Waals surface area (Å²) in [5.41, 5.74) is 2.35. The number of rotatable bonds is 12. The van der Waals surface area contributed by atoms with Crippen molar-refractivity contribution in [3.05, 3.63) is 88.4 Å². The van der Waals surface area contributed by atoms with Crippen LogP contribution in [0.3, 0.4) is 0 Å². The third-order valence-corrected chi connectivity index (χ3v) is 5.98. The molecular weight excluding hydrogens is 524 g/mol. The molecule has 0 bridgehead atoms. The first-order valence-corrected chi connectivity index (χ1v) is 13.1. The van der Waals surface area contributed by atoms with Crippen molar-refractivity contribution >= 4 is 44.9 Å². The second kappa shape index (κ2) is 14.5. The molecule has 0 aliphatic rings. The maximum absolute atomic E-state index is 12.9. The Morgan fingerprint density at radius 1 is 0.914 bits per heavy atom. The van der Waals surface area contributed by atoms with Crippen molar-refractivity contribution in [3.63, 3.8) is 0 Å². The maximum atomic E-state index is 12.9. The third kappa shape index (κ3) is 9.34. The summed E-state index contributed by atoms with van der Waals surface area (Å²) in [6, 6.07) is 22.9. The standard InChI is InChI=1S/C28H31BrN2O3S/c1-2-3-4-8-18-33-24-14-12-23(13-15-24)30-28(35)31-27(32)25-20-22(29)11-16-26(25)34-19-17-21-9-6-5-7-10-21/h5-7,9-16,20H,2-4,8,17-19H2,1H3,(H2,30,31,32,35). The van der Waals surface area contributed by atoms with Gasteiger partial charge in [0.15, 0.2) is 5.11 Å². The number of halogens is 1. The van der Waals surface area contributed by atoms with Crippen LogP contribution in [-0.2, 0) is 6.42 Å². The van der Waals surface area contributed by atoms with Crippen molar-refractivity contribution in [2.45, 2.75) is 39.0 Å². The van der Waals surface area contributed by atoms with Gasteiger partial charge in [-0.15, -0.1) is 0 Å². The summed E-state index contributed by atoms with van der Waals surface area (Å²) in [4.78, 5) is 12.9. The SMILES string of the molecule is CCCCCCOc1ccc(NC(=S)NC(=O)c2cc(Br)ccc2OCCc2ccccc2)cc1. The van der Waals surface area contributed by atoms with E-state index in [1.165, 1.54) is 24.8 Å². The summed E-state index contributed by atoms with van der Waals surface area (Å²) in [6.45, 7) is 3.36. The minimum atomic E-state index is -0.342. The summed E-state index contributed by atoms with van der Waals surface area (Å²) in [7, 11) is 0. The second-order valence-electron chi connectivity index (χ2n) is 8.07. The van der Waals surface area contributed by atoms with Gasteiger partial charge >= 0.3 is 0 Å². The zero-order valence-electron chi connectivity index (χ0n) is 19.9. The van der Waals surface area contributed by atoms with Gasteiger partial charge in [-0.2, -0.15) is 0 Å². The smallest absolute Gasteiger partial charge is 0.261 e. The highest BCUT2D eigenvalue weighted by Gasteiger charge is 2.15. The van der Waals surface area contributed by atoms with Crippen LogP contribution in [0.1, 0.15) is 48.5 Å². The van der Waals surface area contributed by atoms with Gasteiger partial charge < -0.3 is 14.8 Å². The number of nitrogens with one attached hydrogen (secondary N) is 2. The van der Waals surface area contributed by atoms with Crippen LogP contribution in [0.25, 0.3) is 0 Å². The molecule has 0 unspecified atom stereocenters. The van der Waals surface area contributed by atoms with Gasteiger partial charge in [0.25, 0.3) is 5.91 Å². The minimum Gasteiger partial charge on any atom is -0.494 e. The number of carbonyl (C=O) groups is 1. The average Bonchev–Trinajstić information content (AvgIpc) is 2.86. The Labute approximate surface area is 221 Å². The van der Waals surface area contributed by atoms with Crippen LogP contribution in [-0.4, -0.2) is 24.2 Å². The van der Waals surface area contributed by atoms with Crippen LogP contribution < -0.4 is 20.1 Å². The lowest BCUT2D eigenvalue weighted by molar-refractivity contribution is 0.0973. The van der Waals surface area contributed by atoms with Crippen molar-refractivity contribution in [3.8, 4) is 11.5 Å². The van der Waals surface area contributed by atoms with Crippen molar-refractivity contribution in [2.24, 2.45) is 0 Å². The molecule has 0 heterocycles. The molecule has 3 aromatic rings. The van der Waals surface area contributed by atoms with Crippen LogP contribution >= 0.6 is 28.1 Å². The Balaban J connectivity index is 1.51. The zero-order valence-corrected chi connectivity index (χ0v) is 22.3. The summed E-state index contributed by atoms with van der Waals surface area (Å²) in [5, 5.41) is 5.99. The molecule has 184 valence electrons. The van der Waals surface area contributed by atoms with E-state index in [9.17, 15) is 4.79 Å². The lowest BCUT2D eigenvalue weighted by Crippen LogP contribution is -2.34. The van der Waals surface area contributed by atoms with Crippen LogP contribution in [0.5, 0.6) is 11.5 Å². The van der Waals surface area contributed by atoms with Crippen molar-refractivity contribution in [2.75, 3.05) is 18.5 Å². The largest absolute Gasteiger partial charge is 0.494 e. The van der Waals surface area contributed by atoms with Gasteiger partial charge in [-0.25, -0.2) is 0 Å². The number of hydrogen-bond donors (Lipinski definition) is 2. The van der Waals surface area contributed by atoms with Gasteiger partial charge in [0.2, 0.25) is 0 Å². The van der Waals surface area contributed by atoms with E-state index in [1.807, 2.05) is 48.5 Å². The molecule has 0 saturated carbocycles. The van der Waals surface area contributed by atoms with E-state index in [2.05, 4.69) is 45.6 Å². The van der Waals surface area contributed by atoms with E-state index >= 15 is 0 Å². The molecule has 0 atom stereocenters. The normalized spacial score (nSPS) is 10.5. The third-order valence-electron chi connectivity index (χ3n) is 5.28. The molecule has 0 aromatic heterocycles. The molecule has 0 saturated heterocycles. The van der Waals surface area contributed by atoms with Crippen LogP contribution in [0.4, 0.5) is 5.69 Å². The first-order chi connectivity index (χ1) is 17.0. The highest BCUT2D eigenvalue weighted by atomic mass is 79.9. The van der Waals surface area contributed by atoms with Crippen LogP contribution in [0.15, 0.2) is 77.3 Å². The fourth-order valence-electron chi connectivity index (χ4n) is 3.42. The first-order valence-electron chi connectivity index (χ1n) is 11.9. The number of carbonyl (C=O) groups excluding carboxylic acids is 1. The fraction of sp³-hybridized carbons (Fsp3) is 0.286. The highest BCUT2D eigenvalue weighted by molar-refractivity contribution is 9.10. The quantitative estimate of drug-likeness (QED) is 0.184. The van der Waals surface area contributed by atoms with Gasteiger partial charge in [0, 0.05) is 16.6 Å². The lowest BCUT2D eigenvalue weighted by Gasteiger charge is -2.14. The number of amides is 1. The number of anilines is 1. The van der Waals surface area contributed by atoms with Crippen LogP contribution in [0.2, 0.25) is 0 Å². The fourth-order valence-corrected chi connectivity index (χ4v) is 3.99. The molecule has 0 aliphatic carbocycles. The molecule has 2 N–H and O–H groups in total. The lowest BCUT2D eigenvalue weighted by atomic mass is 10.1. The average molecular weight is 556 g/mol. The molecule has 0 aliphatic heterocycles. The number of ether oxygens (including phenoxy) is 2. The summed E-state index contributed by atoms with van der Waals surface area (Å²) < 4.78 is 12.5. The monoisotopic (exact) mass is 554 g/mol. The Morgan fingerprint density at radius 2 is 1.69 bits per heavy atom. The van der Waals surface area contributed by atoms with E-state index < -0.39 is 0 Å². The van der Waals surface area contributed by atoms with Gasteiger partial charge in [-0.3, -0.25) is 10.1 Å². The summed E-state index contributed by atoms with van der Waals surface area (Å²) >= 11 is 8.79. The maximum Gasteiger partial charge on any atom is 0.261 e. The van der Waals surface area contributed by atoms with E-state index in [1.54, 1.807) is 12.1 Å². The zero-order chi connectivity index (χ0) is 24.9. The predicted molar refractivity (Wildman–Crippen MR) is 150 cm³/mol.